The zero-order valence-corrected chi connectivity index (χ0v) is 13.2. The minimum Gasteiger partial charge on any atom is -0.467 e. The fourth-order valence-electron chi connectivity index (χ4n) is 2.45. The number of benzene rings is 2. The van der Waals surface area contributed by atoms with E-state index in [4.69, 9.17) is 0 Å². The highest BCUT2D eigenvalue weighted by Gasteiger charge is 2.25. The average Bonchev–Trinajstić information content (AvgIpc) is 2.61. The van der Waals surface area contributed by atoms with Crippen LogP contribution >= 0.6 is 11.3 Å². The number of carbonyl (C=O) groups excluding carboxylic acids is 1. The Bertz CT molecular complexity index is 915. The summed E-state index contributed by atoms with van der Waals surface area (Å²) >= 11 is 1.22. The van der Waals surface area contributed by atoms with Crippen LogP contribution in [0.2, 0.25) is 0 Å². The molecule has 0 saturated heterocycles. The Kier molecular flexibility index (Phi) is 4.23. The van der Waals surface area contributed by atoms with Crippen molar-refractivity contribution >= 4 is 27.4 Å². The van der Waals surface area contributed by atoms with E-state index in [-0.39, 0.29) is 5.43 Å². The first kappa shape index (κ1) is 15.4. The quantitative estimate of drug-likeness (QED) is 0.751. The molecule has 116 valence electrons. The first-order valence-corrected chi connectivity index (χ1v) is 7.82. The van der Waals surface area contributed by atoms with E-state index < -0.39 is 12.1 Å². The summed E-state index contributed by atoms with van der Waals surface area (Å²) in [7, 11) is 1.21. The highest BCUT2D eigenvalue weighted by atomic mass is 32.1. The van der Waals surface area contributed by atoms with Gasteiger partial charge in [-0.05, 0) is 17.7 Å². The number of carbonyl (C=O) groups is 1. The first-order valence-electron chi connectivity index (χ1n) is 7.00. The molecule has 0 bridgehead atoms. The van der Waals surface area contributed by atoms with Gasteiger partial charge in [0.05, 0.1) is 12.0 Å². The van der Waals surface area contributed by atoms with Gasteiger partial charge in [-0.25, -0.2) is 4.79 Å². The first-order chi connectivity index (χ1) is 11.1. The van der Waals surface area contributed by atoms with Gasteiger partial charge < -0.3 is 9.84 Å². The van der Waals surface area contributed by atoms with Crippen molar-refractivity contribution < 1.29 is 14.6 Å². The van der Waals surface area contributed by atoms with Gasteiger partial charge in [-0.1, -0.05) is 42.5 Å². The number of aliphatic hydroxyl groups excluding tert-OH is 1. The molecule has 1 heterocycles. The fraction of sp³-hybridized carbons (Fsp3) is 0.111. The van der Waals surface area contributed by atoms with Gasteiger partial charge in [0.25, 0.3) is 0 Å². The average molecular weight is 326 g/mol. The molecule has 1 N–H and O–H groups in total. The van der Waals surface area contributed by atoms with Crippen molar-refractivity contribution in [3.63, 3.8) is 0 Å². The van der Waals surface area contributed by atoms with Crippen molar-refractivity contribution in [3.8, 4) is 11.1 Å². The lowest BCUT2D eigenvalue weighted by atomic mass is 10.0. The summed E-state index contributed by atoms with van der Waals surface area (Å²) in [4.78, 5) is 25.0. The largest absolute Gasteiger partial charge is 0.467 e. The van der Waals surface area contributed by atoms with Gasteiger partial charge in [0.15, 0.2) is 11.5 Å². The van der Waals surface area contributed by atoms with E-state index in [2.05, 4.69) is 4.74 Å². The molecule has 2 aromatic carbocycles. The van der Waals surface area contributed by atoms with Crippen LogP contribution in [0.4, 0.5) is 0 Å². The van der Waals surface area contributed by atoms with Crippen molar-refractivity contribution in [2.24, 2.45) is 0 Å². The van der Waals surface area contributed by atoms with Gasteiger partial charge in [0.1, 0.15) is 0 Å². The van der Waals surface area contributed by atoms with Crippen LogP contribution in [0.1, 0.15) is 11.0 Å². The van der Waals surface area contributed by atoms with Gasteiger partial charge in [0.2, 0.25) is 0 Å². The third-order valence-electron chi connectivity index (χ3n) is 3.56. The summed E-state index contributed by atoms with van der Waals surface area (Å²) in [5.74, 6) is -0.784. The van der Waals surface area contributed by atoms with Crippen LogP contribution < -0.4 is 5.43 Å². The summed E-state index contributed by atoms with van der Waals surface area (Å²) < 4.78 is 5.34. The molecule has 0 aliphatic heterocycles. The number of ether oxygens (including phenoxy) is 1. The van der Waals surface area contributed by atoms with Gasteiger partial charge >= 0.3 is 5.97 Å². The molecule has 1 unspecified atom stereocenters. The van der Waals surface area contributed by atoms with Crippen molar-refractivity contribution in [3.05, 3.63) is 69.7 Å². The van der Waals surface area contributed by atoms with Gasteiger partial charge in [-0.15, -0.1) is 11.3 Å². The number of rotatable bonds is 3. The summed E-state index contributed by atoms with van der Waals surface area (Å²) in [5, 5.41) is 10.9. The molecule has 4 nitrogen and oxygen atoms in total. The maximum absolute atomic E-state index is 12.9. The number of esters is 1. The normalized spacial score (nSPS) is 12.1. The van der Waals surface area contributed by atoms with Crippen LogP contribution in [-0.4, -0.2) is 18.2 Å². The summed E-state index contributed by atoms with van der Waals surface area (Å²) in [6, 6.07) is 16.2. The molecule has 0 amide bonds. The number of methoxy groups -OCH3 is 1. The summed E-state index contributed by atoms with van der Waals surface area (Å²) in [5.41, 5.74) is 0.799. The van der Waals surface area contributed by atoms with Crippen molar-refractivity contribution in [1.82, 2.24) is 0 Å². The molecule has 0 spiro atoms. The topological polar surface area (TPSA) is 63.6 Å². The summed E-state index contributed by atoms with van der Waals surface area (Å²) in [6.07, 6.45) is -1.49. The van der Waals surface area contributed by atoms with E-state index >= 15 is 0 Å². The molecule has 3 rings (SSSR count). The number of hydrogen-bond acceptors (Lipinski definition) is 5. The van der Waals surface area contributed by atoms with E-state index in [0.717, 1.165) is 4.70 Å². The number of aliphatic hydroxyl groups is 1. The van der Waals surface area contributed by atoms with Crippen LogP contribution in [0.15, 0.2) is 59.4 Å². The van der Waals surface area contributed by atoms with Crippen molar-refractivity contribution in [2.75, 3.05) is 7.11 Å². The van der Waals surface area contributed by atoms with Gasteiger partial charge in [0, 0.05) is 15.6 Å². The van der Waals surface area contributed by atoms with E-state index in [1.807, 2.05) is 24.3 Å². The zero-order chi connectivity index (χ0) is 16.4. The molecule has 0 radical (unpaired) electrons. The molecule has 5 heteroatoms. The monoisotopic (exact) mass is 326 g/mol. The molecule has 0 aliphatic rings. The minimum atomic E-state index is -1.49. The number of fused-ring (bicyclic) bond motifs is 1. The fourth-order valence-corrected chi connectivity index (χ4v) is 3.62. The van der Waals surface area contributed by atoms with Gasteiger partial charge in [-0.2, -0.15) is 0 Å². The second kappa shape index (κ2) is 6.32. The third kappa shape index (κ3) is 2.76. The van der Waals surface area contributed by atoms with E-state index in [9.17, 15) is 14.7 Å². The zero-order valence-electron chi connectivity index (χ0n) is 12.4. The van der Waals surface area contributed by atoms with Crippen LogP contribution in [0, 0.1) is 0 Å². The molecule has 0 aliphatic carbocycles. The highest BCUT2D eigenvalue weighted by Crippen LogP contribution is 2.33. The van der Waals surface area contributed by atoms with E-state index in [0.29, 0.717) is 21.4 Å². The molecule has 0 fully saturated rings. The van der Waals surface area contributed by atoms with Crippen molar-refractivity contribution in [2.45, 2.75) is 6.10 Å². The molecule has 1 atom stereocenters. The summed E-state index contributed by atoms with van der Waals surface area (Å²) in [6.45, 7) is 0. The molecule has 23 heavy (non-hydrogen) atoms. The maximum Gasteiger partial charge on any atom is 0.340 e. The van der Waals surface area contributed by atoms with E-state index in [1.54, 1.807) is 30.3 Å². The van der Waals surface area contributed by atoms with Crippen LogP contribution in [0.3, 0.4) is 0 Å². The lowest BCUT2D eigenvalue weighted by molar-refractivity contribution is -0.150. The SMILES string of the molecule is COC(=O)C(O)c1sc2ccccc2c(=O)c1-c1ccccc1. The Morgan fingerprint density at radius 3 is 2.43 bits per heavy atom. The Balaban J connectivity index is 2.37. The number of hydrogen-bond donors (Lipinski definition) is 1. The second-order valence-electron chi connectivity index (χ2n) is 4.96. The Hall–Kier alpha value is -2.50. The smallest absolute Gasteiger partial charge is 0.340 e. The van der Waals surface area contributed by atoms with Gasteiger partial charge in [-0.3, -0.25) is 4.79 Å². The Labute approximate surface area is 136 Å². The second-order valence-corrected chi connectivity index (χ2v) is 6.04. The van der Waals surface area contributed by atoms with Crippen LogP contribution in [0.25, 0.3) is 21.2 Å². The lowest BCUT2D eigenvalue weighted by Gasteiger charge is -2.14. The molecular formula is C18H14O4S. The Morgan fingerprint density at radius 2 is 1.74 bits per heavy atom. The predicted octanol–water partition coefficient (Wildman–Crippen LogP) is 3.13. The standard InChI is InChI=1S/C18H14O4S/c1-22-18(21)16(20)17-14(11-7-3-2-4-8-11)15(19)12-9-5-6-10-13(12)23-17/h2-10,16,20H,1H3. The minimum absolute atomic E-state index is 0.205. The maximum atomic E-state index is 12.9. The Morgan fingerprint density at radius 1 is 1.09 bits per heavy atom. The molecule has 0 saturated carbocycles. The molecule has 1 aromatic heterocycles. The van der Waals surface area contributed by atoms with Crippen molar-refractivity contribution in [1.29, 1.82) is 0 Å². The van der Waals surface area contributed by atoms with Crippen LogP contribution in [-0.2, 0) is 9.53 Å². The van der Waals surface area contributed by atoms with Crippen LogP contribution in [0.5, 0.6) is 0 Å². The predicted molar refractivity (Wildman–Crippen MR) is 90.5 cm³/mol. The molecular weight excluding hydrogens is 312 g/mol. The highest BCUT2D eigenvalue weighted by molar-refractivity contribution is 7.19. The third-order valence-corrected chi connectivity index (χ3v) is 4.78. The molecule has 3 aromatic rings. The van der Waals surface area contributed by atoms with E-state index in [1.165, 1.54) is 18.4 Å². The lowest BCUT2D eigenvalue weighted by Crippen LogP contribution is -2.17.